The van der Waals surface area contributed by atoms with Crippen LogP contribution >= 0.6 is 0 Å². The molecule has 0 saturated carbocycles. The standard InChI is InChI=1S/C14H19N3Se/c1-10(2)15-13-17(11(3)4)14(18-13)16-12-8-6-5-7-9-12/h5-11H,1-4H3. The number of aliphatic imine (C=N–C) groups is 2. The average Bonchev–Trinajstić information content (AvgIpc) is 2.27. The van der Waals surface area contributed by atoms with Crippen molar-refractivity contribution in [2.24, 2.45) is 9.98 Å². The summed E-state index contributed by atoms with van der Waals surface area (Å²) >= 11 is 0.296. The molecule has 0 radical (unpaired) electrons. The Morgan fingerprint density at radius 3 is 2.22 bits per heavy atom. The van der Waals surface area contributed by atoms with E-state index in [-0.39, 0.29) is 0 Å². The Kier molecular flexibility index (Phi) is 4.20. The van der Waals surface area contributed by atoms with Crippen LogP contribution in [0, 0.1) is 0 Å². The van der Waals surface area contributed by atoms with Gasteiger partial charge in [-0.1, -0.05) is 0 Å². The van der Waals surface area contributed by atoms with Crippen LogP contribution < -0.4 is 0 Å². The van der Waals surface area contributed by atoms with Gasteiger partial charge in [0.25, 0.3) is 0 Å². The van der Waals surface area contributed by atoms with Crippen molar-refractivity contribution in [3.05, 3.63) is 30.3 Å². The Morgan fingerprint density at radius 2 is 1.67 bits per heavy atom. The van der Waals surface area contributed by atoms with Crippen LogP contribution in [0.4, 0.5) is 5.69 Å². The monoisotopic (exact) mass is 309 g/mol. The van der Waals surface area contributed by atoms with E-state index in [1.165, 1.54) is 9.47 Å². The van der Waals surface area contributed by atoms with Crippen LogP contribution in [0.1, 0.15) is 27.7 Å². The molecule has 1 fully saturated rings. The molecule has 0 atom stereocenters. The van der Waals surface area contributed by atoms with Gasteiger partial charge in [0.1, 0.15) is 0 Å². The third kappa shape index (κ3) is 3.01. The zero-order valence-corrected chi connectivity index (χ0v) is 13.0. The molecule has 1 aliphatic heterocycles. The summed E-state index contributed by atoms with van der Waals surface area (Å²) < 4.78 is 2.41. The molecule has 0 bridgehead atoms. The maximum atomic E-state index is 4.71. The molecule has 18 heavy (non-hydrogen) atoms. The molecular formula is C14H19N3Se. The van der Waals surface area contributed by atoms with Crippen molar-refractivity contribution in [3.63, 3.8) is 0 Å². The Labute approximate surface area is 115 Å². The molecule has 0 N–H and O–H groups in total. The van der Waals surface area contributed by atoms with Crippen molar-refractivity contribution >= 4 is 30.1 Å². The van der Waals surface area contributed by atoms with Crippen LogP contribution in [0.15, 0.2) is 40.3 Å². The molecule has 1 aromatic rings. The topological polar surface area (TPSA) is 28.0 Å². The fraction of sp³-hybridized carbons (Fsp3) is 0.429. The van der Waals surface area contributed by atoms with Crippen LogP contribution in [-0.2, 0) is 0 Å². The van der Waals surface area contributed by atoms with Gasteiger partial charge in [-0.3, -0.25) is 0 Å². The molecule has 96 valence electrons. The fourth-order valence-corrected chi connectivity index (χ4v) is 4.26. The average molecular weight is 308 g/mol. The first-order valence-electron chi connectivity index (χ1n) is 6.26. The van der Waals surface area contributed by atoms with Crippen molar-refractivity contribution in [2.75, 3.05) is 0 Å². The number of hydrogen-bond acceptors (Lipinski definition) is 2. The van der Waals surface area contributed by atoms with Gasteiger partial charge in [0.15, 0.2) is 0 Å². The number of rotatable bonds is 3. The van der Waals surface area contributed by atoms with Crippen molar-refractivity contribution in [1.82, 2.24) is 4.90 Å². The maximum absolute atomic E-state index is 4.71. The quantitative estimate of drug-likeness (QED) is 0.789. The SMILES string of the molecule is CC(C)N=C1[Se]C(=Nc2ccccc2)N1C(C)C. The van der Waals surface area contributed by atoms with Crippen LogP contribution in [0.5, 0.6) is 0 Å². The van der Waals surface area contributed by atoms with Crippen LogP contribution in [-0.4, -0.2) is 41.4 Å². The summed E-state index contributed by atoms with van der Waals surface area (Å²) in [6.07, 6.45) is 0. The Morgan fingerprint density at radius 1 is 1.00 bits per heavy atom. The summed E-state index contributed by atoms with van der Waals surface area (Å²) in [6, 6.07) is 10.9. The number of nitrogens with zero attached hydrogens (tertiary/aromatic N) is 3. The van der Waals surface area contributed by atoms with Crippen molar-refractivity contribution in [1.29, 1.82) is 0 Å². The van der Waals surface area contributed by atoms with E-state index in [1.807, 2.05) is 30.3 Å². The fourth-order valence-electron chi connectivity index (χ4n) is 1.66. The summed E-state index contributed by atoms with van der Waals surface area (Å²) in [5.74, 6) is 0. The minimum atomic E-state index is 0.296. The second kappa shape index (κ2) is 5.68. The van der Waals surface area contributed by atoms with Gasteiger partial charge >= 0.3 is 115 Å². The first-order chi connectivity index (χ1) is 8.58. The van der Waals surface area contributed by atoms with Gasteiger partial charge in [-0.25, -0.2) is 0 Å². The van der Waals surface area contributed by atoms with Gasteiger partial charge in [0.2, 0.25) is 0 Å². The van der Waals surface area contributed by atoms with Gasteiger partial charge < -0.3 is 0 Å². The summed E-state index contributed by atoms with van der Waals surface area (Å²) in [5, 5.41) is 0. The van der Waals surface area contributed by atoms with E-state index in [1.54, 1.807) is 0 Å². The minimum absolute atomic E-state index is 0.296. The number of benzene rings is 1. The van der Waals surface area contributed by atoms with Crippen molar-refractivity contribution in [2.45, 2.75) is 39.8 Å². The Bertz CT molecular complexity index is 463. The summed E-state index contributed by atoms with van der Waals surface area (Å²) in [6.45, 7) is 8.61. The van der Waals surface area contributed by atoms with Crippen LogP contribution in [0.2, 0.25) is 0 Å². The number of hydrogen-bond donors (Lipinski definition) is 0. The first kappa shape index (κ1) is 13.3. The van der Waals surface area contributed by atoms with Gasteiger partial charge in [-0.2, -0.15) is 0 Å². The van der Waals surface area contributed by atoms with Gasteiger partial charge in [0.05, 0.1) is 0 Å². The second-order valence-corrected chi connectivity index (χ2v) is 6.76. The third-order valence-electron chi connectivity index (χ3n) is 2.46. The zero-order chi connectivity index (χ0) is 13.1. The van der Waals surface area contributed by atoms with Gasteiger partial charge in [-0.05, 0) is 0 Å². The molecule has 4 heteroatoms. The van der Waals surface area contributed by atoms with Crippen molar-refractivity contribution in [3.8, 4) is 0 Å². The van der Waals surface area contributed by atoms with E-state index < -0.39 is 0 Å². The number of para-hydroxylation sites is 1. The van der Waals surface area contributed by atoms with Crippen LogP contribution in [0.25, 0.3) is 0 Å². The Balaban J connectivity index is 2.19. The van der Waals surface area contributed by atoms with Gasteiger partial charge in [0, 0.05) is 0 Å². The molecule has 0 amide bonds. The molecule has 3 nitrogen and oxygen atoms in total. The van der Waals surface area contributed by atoms with E-state index in [9.17, 15) is 0 Å². The van der Waals surface area contributed by atoms with E-state index in [0.717, 1.165) is 5.69 Å². The molecular weight excluding hydrogens is 289 g/mol. The summed E-state index contributed by atoms with van der Waals surface area (Å²) in [7, 11) is 0. The molecule has 0 spiro atoms. The first-order valence-corrected chi connectivity index (χ1v) is 7.98. The molecule has 1 heterocycles. The van der Waals surface area contributed by atoms with Gasteiger partial charge in [-0.15, -0.1) is 0 Å². The molecule has 0 aliphatic carbocycles. The zero-order valence-electron chi connectivity index (χ0n) is 11.3. The predicted molar refractivity (Wildman–Crippen MR) is 78.8 cm³/mol. The number of amidine groups is 2. The molecule has 0 unspecified atom stereocenters. The second-order valence-electron chi connectivity index (χ2n) is 4.80. The molecule has 1 saturated heterocycles. The molecule has 0 aromatic heterocycles. The molecule has 2 rings (SSSR count). The molecule has 1 aromatic carbocycles. The normalized spacial score (nSPS) is 20.0. The Hall–Kier alpha value is -1.12. The van der Waals surface area contributed by atoms with E-state index in [0.29, 0.717) is 27.0 Å². The van der Waals surface area contributed by atoms with E-state index in [2.05, 4.69) is 37.6 Å². The predicted octanol–water partition coefficient (Wildman–Crippen LogP) is 2.87. The van der Waals surface area contributed by atoms with E-state index in [4.69, 9.17) is 4.99 Å². The summed E-state index contributed by atoms with van der Waals surface area (Å²) in [5.41, 5.74) is 1.03. The third-order valence-corrected chi connectivity index (χ3v) is 4.46. The van der Waals surface area contributed by atoms with E-state index >= 15 is 0 Å². The van der Waals surface area contributed by atoms with Crippen molar-refractivity contribution < 1.29 is 0 Å². The molecule has 1 aliphatic rings. The van der Waals surface area contributed by atoms with Crippen LogP contribution in [0.3, 0.4) is 0 Å². The summed E-state index contributed by atoms with van der Waals surface area (Å²) in [4.78, 5) is 11.6.